The van der Waals surface area contributed by atoms with Crippen LogP contribution in [-0.4, -0.2) is 5.78 Å². The van der Waals surface area contributed by atoms with E-state index in [0.29, 0.717) is 0 Å². The first-order valence-electron chi connectivity index (χ1n) is 4.66. The fraction of sp³-hybridized carbons (Fsp3) is 0.417. The smallest absolute Gasteiger partial charge is 0.155 e. The topological polar surface area (TPSA) is 17.1 Å². The molecule has 0 aromatic heterocycles. The summed E-state index contributed by atoms with van der Waals surface area (Å²) in [5, 5.41) is 0. The summed E-state index contributed by atoms with van der Waals surface area (Å²) in [5.41, 5.74) is 0.829. The molecule has 0 aliphatic carbocycles. The normalized spacial score (nSPS) is 13.7. The number of ketones is 1. The second-order valence-corrected chi connectivity index (χ2v) is 5.63. The average molecular weight is 302 g/mol. The van der Waals surface area contributed by atoms with Gasteiger partial charge in [-0.1, -0.05) is 73.7 Å². The van der Waals surface area contributed by atoms with E-state index in [2.05, 4.69) is 22.6 Å². The van der Waals surface area contributed by atoms with Crippen molar-refractivity contribution in [3.05, 3.63) is 35.9 Å². The third-order valence-corrected chi connectivity index (χ3v) is 3.35. The van der Waals surface area contributed by atoms with Crippen molar-refractivity contribution in [1.29, 1.82) is 0 Å². The lowest BCUT2D eigenvalue weighted by Gasteiger charge is -2.20. The molecule has 1 nitrogen and oxygen atoms in total. The lowest BCUT2D eigenvalue weighted by molar-refractivity contribution is -0.125. The van der Waals surface area contributed by atoms with E-state index in [1.807, 2.05) is 51.1 Å². The predicted octanol–water partition coefficient (Wildman–Crippen LogP) is 3.78. The SMILES string of the molecule is CC(C)(C)C(=O)C(I)c1ccccc1. The van der Waals surface area contributed by atoms with E-state index < -0.39 is 0 Å². The molecule has 1 aromatic rings. The van der Waals surface area contributed by atoms with Crippen LogP contribution in [0.25, 0.3) is 0 Å². The van der Waals surface area contributed by atoms with Crippen molar-refractivity contribution in [2.45, 2.75) is 24.7 Å². The zero-order valence-electron chi connectivity index (χ0n) is 8.75. The molecule has 0 amide bonds. The van der Waals surface area contributed by atoms with Gasteiger partial charge in [-0.05, 0) is 5.56 Å². The summed E-state index contributed by atoms with van der Waals surface area (Å²) in [6.07, 6.45) is 0. The van der Waals surface area contributed by atoms with Crippen molar-refractivity contribution in [2.75, 3.05) is 0 Å². The van der Waals surface area contributed by atoms with Crippen LogP contribution < -0.4 is 0 Å². The standard InChI is InChI=1S/C12H15IO/c1-12(2,3)11(14)10(13)9-7-5-4-6-8-9/h4-8,10H,1-3H3. The van der Waals surface area contributed by atoms with Gasteiger partial charge < -0.3 is 0 Å². The molecule has 1 rings (SSSR count). The predicted molar refractivity (Wildman–Crippen MR) is 67.7 cm³/mol. The lowest BCUT2D eigenvalue weighted by Crippen LogP contribution is -2.23. The van der Waals surface area contributed by atoms with Gasteiger partial charge in [-0.25, -0.2) is 0 Å². The van der Waals surface area contributed by atoms with Gasteiger partial charge in [-0.15, -0.1) is 0 Å². The average Bonchev–Trinajstić information content (AvgIpc) is 2.15. The van der Waals surface area contributed by atoms with E-state index in [-0.39, 0.29) is 15.1 Å². The van der Waals surface area contributed by atoms with Crippen LogP contribution in [0.15, 0.2) is 30.3 Å². The first kappa shape index (κ1) is 11.7. The lowest BCUT2D eigenvalue weighted by atomic mass is 9.87. The summed E-state index contributed by atoms with van der Waals surface area (Å²) < 4.78 is -0.0335. The van der Waals surface area contributed by atoms with Gasteiger partial charge in [0.05, 0.1) is 3.92 Å². The molecule has 0 radical (unpaired) electrons. The molecule has 1 aromatic carbocycles. The monoisotopic (exact) mass is 302 g/mol. The molecular formula is C12H15IO. The third-order valence-electron chi connectivity index (χ3n) is 2.06. The van der Waals surface area contributed by atoms with Gasteiger partial charge in [0.15, 0.2) is 5.78 Å². The number of Topliss-reactive ketones (excluding diaryl/α,β-unsaturated/α-hetero) is 1. The first-order valence-corrected chi connectivity index (χ1v) is 5.91. The van der Waals surface area contributed by atoms with Crippen molar-refractivity contribution < 1.29 is 4.79 Å². The molecule has 0 saturated heterocycles. The quantitative estimate of drug-likeness (QED) is 0.600. The van der Waals surface area contributed by atoms with Gasteiger partial charge >= 0.3 is 0 Å². The highest BCUT2D eigenvalue weighted by Gasteiger charge is 2.28. The second-order valence-electron chi connectivity index (χ2n) is 4.39. The molecule has 0 saturated carbocycles. The third kappa shape index (κ3) is 2.80. The molecule has 0 heterocycles. The van der Waals surface area contributed by atoms with E-state index in [1.165, 1.54) is 0 Å². The Kier molecular flexibility index (Phi) is 3.70. The molecule has 1 unspecified atom stereocenters. The number of carbonyl (C=O) groups excluding carboxylic acids is 1. The maximum Gasteiger partial charge on any atom is 0.155 e. The van der Waals surface area contributed by atoms with Crippen molar-refractivity contribution in [1.82, 2.24) is 0 Å². The molecule has 0 aliphatic rings. The summed E-state index contributed by atoms with van der Waals surface area (Å²) in [7, 11) is 0. The Morgan fingerprint density at radius 2 is 1.71 bits per heavy atom. The Bertz CT molecular complexity index is 311. The number of rotatable bonds is 2. The Hall–Kier alpha value is -0.380. The Balaban J connectivity index is 2.87. The largest absolute Gasteiger partial charge is 0.298 e. The number of alkyl halides is 1. The van der Waals surface area contributed by atoms with E-state index in [4.69, 9.17) is 0 Å². The van der Waals surface area contributed by atoms with Crippen LogP contribution in [0.3, 0.4) is 0 Å². The first-order chi connectivity index (χ1) is 6.43. The van der Waals surface area contributed by atoms with Gasteiger partial charge in [0.1, 0.15) is 0 Å². The number of hydrogen-bond donors (Lipinski definition) is 0. The number of benzene rings is 1. The van der Waals surface area contributed by atoms with Crippen molar-refractivity contribution in [2.24, 2.45) is 5.41 Å². The fourth-order valence-electron chi connectivity index (χ4n) is 1.15. The molecule has 2 heteroatoms. The summed E-state index contributed by atoms with van der Waals surface area (Å²) in [6, 6.07) is 9.91. The van der Waals surface area contributed by atoms with E-state index >= 15 is 0 Å². The minimum absolute atomic E-state index is 0.0335. The summed E-state index contributed by atoms with van der Waals surface area (Å²) >= 11 is 2.21. The molecule has 0 aliphatic heterocycles. The van der Waals surface area contributed by atoms with E-state index in [9.17, 15) is 4.79 Å². The summed E-state index contributed by atoms with van der Waals surface area (Å²) in [4.78, 5) is 12.0. The molecule has 0 spiro atoms. The number of halogens is 1. The molecule has 76 valence electrons. The minimum Gasteiger partial charge on any atom is -0.298 e. The van der Waals surface area contributed by atoms with Crippen LogP contribution in [0.1, 0.15) is 30.3 Å². The molecule has 0 bridgehead atoms. The van der Waals surface area contributed by atoms with Gasteiger partial charge in [-0.3, -0.25) is 4.79 Å². The van der Waals surface area contributed by atoms with Gasteiger partial charge in [0.25, 0.3) is 0 Å². The maximum atomic E-state index is 12.0. The Morgan fingerprint density at radius 3 is 2.14 bits per heavy atom. The van der Waals surface area contributed by atoms with Crippen LogP contribution in [0, 0.1) is 5.41 Å². The van der Waals surface area contributed by atoms with E-state index in [1.54, 1.807) is 0 Å². The zero-order valence-corrected chi connectivity index (χ0v) is 10.9. The van der Waals surface area contributed by atoms with Crippen LogP contribution in [-0.2, 0) is 4.79 Å². The molecule has 14 heavy (non-hydrogen) atoms. The molecule has 1 atom stereocenters. The van der Waals surface area contributed by atoms with Crippen molar-refractivity contribution >= 4 is 28.4 Å². The van der Waals surface area contributed by atoms with Crippen LogP contribution in [0.4, 0.5) is 0 Å². The van der Waals surface area contributed by atoms with Crippen molar-refractivity contribution in [3.63, 3.8) is 0 Å². The highest BCUT2D eigenvalue weighted by Crippen LogP contribution is 2.32. The number of carbonyl (C=O) groups is 1. The molecule has 0 N–H and O–H groups in total. The Labute approximate surface area is 99.0 Å². The summed E-state index contributed by atoms with van der Waals surface area (Å²) in [6.45, 7) is 5.89. The van der Waals surface area contributed by atoms with E-state index in [0.717, 1.165) is 5.56 Å². The zero-order chi connectivity index (χ0) is 10.8. The molecular weight excluding hydrogens is 287 g/mol. The minimum atomic E-state index is -0.262. The maximum absolute atomic E-state index is 12.0. The summed E-state index contributed by atoms with van der Waals surface area (Å²) in [5.74, 6) is 0.282. The van der Waals surface area contributed by atoms with Crippen LogP contribution in [0.2, 0.25) is 0 Å². The van der Waals surface area contributed by atoms with Crippen molar-refractivity contribution in [3.8, 4) is 0 Å². The molecule has 0 fully saturated rings. The van der Waals surface area contributed by atoms with Gasteiger partial charge in [-0.2, -0.15) is 0 Å². The second kappa shape index (κ2) is 4.43. The Morgan fingerprint density at radius 1 is 1.21 bits per heavy atom. The fourth-order valence-corrected chi connectivity index (χ4v) is 2.50. The van der Waals surface area contributed by atoms with Crippen LogP contribution in [0.5, 0.6) is 0 Å². The highest BCUT2D eigenvalue weighted by atomic mass is 127. The van der Waals surface area contributed by atoms with Crippen LogP contribution >= 0.6 is 22.6 Å². The highest BCUT2D eigenvalue weighted by molar-refractivity contribution is 14.1. The number of hydrogen-bond acceptors (Lipinski definition) is 1. The van der Waals surface area contributed by atoms with Gasteiger partial charge in [0.2, 0.25) is 0 Å². The van der Waals surface area contributed by atoms with Gasteiger partial charge in [0, 0.05) is 5.41 Å².